The zero-order valence-electron chi connectivity index (χ0n) is 11.7. The Kier molecular flexibility index (Phi) is 5.03. The molecular weight excluding hydrogens is 212 g/mol. The van der Waals surface area contributed by atoms with Crippen molar-refractivity contribution in [3.8, 4) is 0 Å². The summed E-state index contributed by atoms with van der Waals surface area (Å²) in [5, 5.41) is 2.98. The van der Waals surface area contributed by atoms with Gasteiger partial charge in [0, 0.05) is 18.8 Å². The van der Waals surface area contributed by atoms with Gasteiger partial charge in [0.05, 0.1) is 0 Å². The fraction of sp³-hybridized carbons (Fsp3) is 0.786. The topological polar surface area (TPSA) is 37.8 Å². The average Bonchev–Trinajstić information content (AvgIpc) is 2.66. The first-order valence-electron chi connectivity index (χ1n) is 6.80. The van der Waals surface area contributed by atoms with Crippen LogP contribution in [0.4, 0.5) is 0 Å². The molecular formula is C14H26N2O. The predicted molar refractivity (Wildman–Crippen MR) is 72.4 cm³/mol. The molecule has 1 N–H and O–H groups in total. The molecule has 0 aliphatic heterocycles. The molecule has 0 aromatic carbocycles. The molecule has 0 fully saturated rings. The molecule has 3 heteroatoms. The molecule has 17 heavy (non-hydrogen) atoms. The first-order chi connectivity index (χ1) is 8.05. The quantitative estimate of drug-likeness (QED) is 0.727. The van der Waals surface area contributed by atoms with Gasteiger partial charge in [-0.3, -0.25) is 9.48 Å². The summed E-state index contributed by atoms with van der Waals surface area (Å²) in [6.07, 6.45) is 9.05. The summed E-state index contributed by atoms with van der Waals surface area (Å²) >= 11 is 0. The van der Waals surface area contributed by atoms with Crippen LogP contribution in [-0.2, 0) is 12.5 Å². The lowest BCUT2D eigenvalue weighted by Crippen LogP contribution is -2.29. The van der Waals surface area contributed by atoms with Crippen LogP contribution in [0.3, 0.4) is 0 Å². The van der Waals surface area contributed by atoms with Crippen molar-refractivity contribution in [2.24, 2.45) is 7.05 Å². The second kappa shape index (κ2) is 6.08. The number of aromatic nitrogens is 2. The fourth-order valence-corrected chi connectivity index (χ4v) is 2.34. The highest BCUT2D eigenvalue weighted by Crippen LogP contribution is 2.30. The van der Waals surface area contributed by atoms with Crippen molar-refractivity contribution in [1.82, 2.24) is 9.78 Å². The molecule has 0 amide bonds. The van der Waals surface area contributed by atoms with Gasteiger partial charge in [-0.05, 0) is 18.3 Å². The van der Waals surface area contributed by atoms with Gasteiger partial charge in [-0.15, -0.1) is 0 Å². The summed E-state index contributed by atoms with van der Waals surface area (Å²) in [5.74, 6) is 0. The molecule has 1 unspecified atom stereocenters. The van der Waals surface area contributed by atoms with Crippen molar-refractivity contribution in [2.75, 3.05) is 0 Å². The SMILES string of the molecule is CCCCCCC(C)(CC)c1c[nH]n(C)c1=O. The molecule has 1 atom stereocenters. The van der Waals surface area contributed by atoms with E-state index in [0.717, 1.165) is 18.4 Å². The molecule has 0 aliphatic rings. The van der Waals surface area contributed by atoms with Crippen molar-refractivity contribution >= 4 is 0 Å². The molecule has 1 aromatic heterocycles. The van der Waals surface area contributed by atoms with E-state index in [9.17, 15) is 4.79 Å². The van der Waals surface area contributed by atoms with Gasteiger partial charge in [0.15, 0.2) is 0 Å². The first kappa shape index (κ1) is 14.1. The number of rotatable bonds is 7. The van der Waals surface area contributed by atoms with E-state index in [4.69, 9.17) is 0 Å². The third-order valence-corrected chi connectivity index (χ3v) is 3.95. The van der Waals surface area contributed by atoms with E-state index in [2.05, 4.69) is 25.9 Å². The summed E-state index contributed by atoms with van der Waals surface area (Å²) < 4.78 is 1.56. The minimum atomic E-state index is 0.0303. The summed E-state index contributed by atoms with van der Waals surface area (Å²) in [6, 6.07) is 0. The number of aromatic amines is 1. The van der Waals surface area contributed by atoms with E-state index in [1.807, 2.05) is 6.20 Å². The molecule has 98 valence electrons. The lowest BCUT2D eigenvalue weighted by atomic mass is 9.77. The Hall–Kier alpha value is -0.990. The van der Waals surface area contributed by atoms with Crippen molar-refractivity contribution in [3.63, 3.8) is 0 Å². The van der Waals surface area contributed by atoms with Crippen LogP contribution < -0.4 is 5.56 Å². The third kappa shape index (κ3) is 3.24. The lowest BCUT2D eigenvalue weighted by Gasteiger charge is -2.26. The smallest absolute Gasteiger partial charge is 0.269 e. The monoisotopic (exact) mass is 238 g/mol. The molecule has 0 radical (unpaired) electrons. The van der Waals surface area contributed by atoms with E-state index < -0.39 is 0 Å². The largest absolute Gasteiger partial charge is 0.303 e. The van der Waals surface area contributed by atoms with Crippen LogP contribution in [-0.4, -0.2) is 9.78 Å². The van der Waals surface area contributed by atoms with Gasteiger partial charge >= 0.3 is 0 Å². The number of hydrogen-bond donors (Lipinski definition) is 1. The molecule has 0 spiro atoms. The Morgan fingerprint density at radius 2 is 2.00 bits per heavy atom. The highest BCUT2D eigenvalue weighted by atomic mass is 16.1. The van der Waals surface area contributed by atoms with Crippen molar-refractivity contribution in [1.29, 1.82) is 0 Å². The van der Waals surface area contributed by atoms with E-state index in [1.165, 1.54) is 25.7 Å². The van der Waals surface area contributed by atoms with Crippen LogP contribution in [0.2, 0.25) is 0 Å². The minimum Gasteiger partial charge on any atom is -0.303 e. The van der Waals surface area contributed by atoms with Gasteiger partial charge in [0.2, 0.25) is 0 Å². The van der Waals surface area contributed by atoms with Gasteiger partial charge < -0.3 is 5.10 Å². The maximum atomic E-state index is 12.0. The second-order valence-electron chi connectivity index (χ2n) is 5.28. The van der Waals surface area contributed by atoms with Crippen LogP contribution in [0.15, 0.2) is 11.0 Å². The predicted octanol–water partition coefficient (Wildman–Crippen LogP) is 3.35. The Labute approximate surface area is 104 Å². The van der Waals surface area contributed by atoms with Gasteiger partial charge in [-0.2, -0.15) is 0 Å². The maximum Gasteiger partial charge on any atom is 0.269 e. The van der Waals surface area contributed by atoms with Crippen LogP contribution in [0.1, 0.15) is 64.9 Å². The fourth-order valence-electron chi connectivity index (χ4n) is 2.34. The number of nitrogens with zero attached hydrogens (tertiary/aromatic N) is 1. The zero-order chi connectivity index (χ0) is 12.9. The van der Waals surface area contributed by atoms with Crippen LogP contribution in [0.5, 0.6) is 0 Å². The Balaban J connectivity index is 2.74. The third-order valence-electron chi connectivity index (χ3n) is 3.95. The van der Waals surface area contributed by atoms with Gasteiger partial charge in [0.1, 0.15) is 0 Å². The summed E-state index contributed by atoms with van der Waals surface area (Å²) in [7, 11) is 1.78. The van der Waals surface area contributed by atoms with Crippen molar-refractivity contribution in [2.45, 2.75) is 64.7 Å². The van der Waals surface area contributed by atoms with Crippen LogP contribution in [0, 0.1) is 0 Å². The van der Waals surface area contributed by atoms with E-state index in [0.29, 0.717) is 0 Å². The molecule has 0 bridgehead atoms. The number of hydrogen-bond acceptors (Lipinski definition) is 1. The van der Waals surface area contributed by atoms with Gasteiger partial charge in [-0.1, -0.05) is 46.5 Å². The molecule has 3 nitrogen and oxygen atoms in total. The molecule has 1 rings (SSSR count). The Bertz CT molecular complexity index is 391. The average molecular weight is 238 g/mol. The van der Waals surface area contributed by atoms with Crippen molar-refractivity contribution in [3.05, 3.63) is 22.1 Å². The van der Waals surface area contributed by atoms with Gasteiger partial charge in [-0.25, -0.2) is 0 Å². The summed E-state index contributed by atoms with van der Waals surface area (Å²) in [6.45, 7) is 6.61. The van der Waals surface area contributed by atoms with Crippen molar-refractivity contribution < 1.29 is 0 Å². The van der Waals surface area contributed by atoms with E-state index in [-0.39, 0.29) is 11.0 Å². The molecule has 0 saturated heterocycles. The molecule has 0 aliphatic carbocycles. The number of unbranched alkanes of at least 4 members (excludes halogenated alkanes) is 3. The minimum absolute atomic E-state index is 0.0303. The van der Waals surface area contributed by atoms with Crippen LogP contribution >= 0.6 is 0 Å². The normalized spacial score (nSPS) is 14.8. The first-order valence-corrected chi connectivity index (χ1v) is 6.80. The van der Waals surface area contributed by atoms with Gasteiger partial charge in [0.25, 0.3) is 5.56 Å². The zero-order valence-corrected chi connectivity index (χ0v) is 11.7. The molecule has 1 heterocycles. The molecule has 0 saturated carbocycles. The maximum absolute atomic E-state index is 12.0. The van der Waals surface area contributed by atoms with E-state index in [1.54, 1.807) is 11.7 Å². The highest BCUT2D eigenvalue weighted by molar-refractivity contribution is 5.18. The number of H-pyrrole nitrogens is 1. The number of aryl methyl sites for hydroxylation is 1. The standard InChI is InChI=1S/C14H26N2O/c1-5-7-8-9-10-14(3,6-2)12-11-15-16(4)13(12)17/h11,15H,5-10H2,1-4H3. The highest BCUT2D eigenvalue weighted by Gasteiger charge is 2.28. The summed E-state index contributed by atoms with van der Waals surface area (Å²) in [4.78, 5) is 12.0. The molecule has 1 aromatic rings. The second-order valence-corrected chi connectivity index (χ2v) is 5.28. The number of nitrogens with one attached hydrogen (secondary N) is 1. The lowest BCUT2D eigenvalue weighted by molar-refractivity contribution is 0.393. The Morgan fingerprint density at radius 1 is 1.29 bits per heavy atom. The Morgan fingerprint density at radius 3 is 2.47 bits per heavy atom. The van der Waals surface area contributed by atoms with Crippen LogP contribution in [0.25, 0.3) is 0 Å². The summed E-state index contributed by atoms with van der Waals surface area (Å²) in [5.41, 5.74) is 1.10. The van der Waals surface area contributed by atoms with E-state index >= 15 is 0 Å².